The van der Waals surface area contributed by atoms with E-state index in [9.17, 15) is 9.59 Å². The minimum absolute atomic E-state index is 0.139. The van der Waals surface area contributed by atoms with Gasteiger partial charge in [0.05, 0.1) is 13.7 Å². The maximum atomic E-state index is 13.0. The number of rotatable bonds is 5. The molecule has 0 spiro atoms. The van der Waals surface area contributed by atoms with Crippen molar-refractivity contribution >= 4 is 23.3 Å². The summed E-state index contributed by atoms with van der Waals surface area (Å²) in [4.78, 5) is 30.8. The van der Waals surface area contributed by atoms with E-state index in [1.54, 1.807) is 12.0 Å². The first-order valence-electron chi connectivity index (χ1n) is 11.0. The smallest absolute Gasteiger partial charge is 0.331 e. The molecular weight excluding hydrogens is 392 g/mol. The van der Waals surface area contributed by atoms with Crippen molar-refractivity contribution in [2.24, 2.45) is 0 Å². The molecule has 166 valence electrons. The van der Waals surface area contributed by atoms with Gasteiger partial charge in [-0.15, -0.1) is 0 Å². The zero-order valence-electron chi connectivity index (χ0n) is 18.6. The molecule has 2 aromatic carbocycles. The Morgan fingerprint density at radius 1 is 0.871 bits per heavy atom. The van der Waals surface area contributed by atoms with Crippen LogP contribution in [0.3, 0.4) is 0 Å². The van der Waals surface area contributed by atoms with Gasteiger partial charge in [0.2, 0.25) is 5.91 Å². The third-order valence-corrected chi connectivity index (χ3v) is 5.46. The number of ether oxygens (including phenoxy) is 1. The number of hydrogen-bond acceptors (Lipinski definition) is 5. The number of carbonyl (C=O) groups is 2. The van der Waals surface area contributed by atoms with Crippen molar-refractivity contribution in [1.29, 1.82) is 0 Å². The molecule has 2 aliphatic heterocycles. The van der Waals surface area contributed by atoms with Crippen LogP contribution in [0.2, 0.25) is 0 Å². The average molecular weight is 425 g/mol. The lowest BCUT2D eigenvalue weighted by atomic mass is 10.1. The Labute approximate surface area is 184 Å². The molecule has 2 aliphatic rings. The van der Waals surface area contributed by atoms with Crippen LogP contribution in [0, 0.1) is 0 Å². The van der Waals surface area contributed by atoms with Gasteiger partial charge in [0.25, 0.3) is 0 Å². The van der Waals surface area contributed by atoms with Gasteiger partial charge in [0.1, 0.15) is 5.75 Å². The summed E-state index contributed by atoms with van der Waals surface area (Å²) in [5.74, 6) is 0.607. The maximum absolute atomic E-state index is 13.0. The fourth-order valence-electron chi connectivity index (χ4n) is 3.77. The van der Waals surface area contributed by atoms with Gasteiger partial charge in [-0.3, -0.25) is 14.6 Å². The molecule has 0 saturated carbocycles. The zero-order chi connectivity index (χ0) is 22.2. The fraction of sp³-hybridized carbons (Fsp3) is 0.417. The van der Waals surface area contributed by atoms with Gasteiger partial charge in [-0.2, -0.15) is 0 Å². The predicted molar refractivity (Wildman–Crippen MR) is 124 cm³/mol. The Kier molecular flexibility index (Phi) is 7.89. The molecule has 0 atom stereocenters. The first-order chi connectivity index (χ1) is 15.2. The molecule has 7 nitrogen and oxygen atoms in total. The van der Waals surface area contributed by atoms with Crippen molar-refractivity contribution in [2.75, 3.05) is 49.6 Å². The number of nitrogens with zero attached hydrogens (tertiary/aromatic N) is 3. The molecule has 0 aromatic heterocycles. The van der Waals surface area contributed by atoms with Gasteiger partial charge in [-0.05, 0) is 42.0 Å². The molecule has 7 heteroatoms. The van der Waals surface area contributed by atoms with Gasteiger partial charge < -0.3 is 15.0 Å². The monoisotopic (exact) mass is 424 g/mol. The standard InChI is InChI=1S/C22H26N4O3.C2H6/c1-29-20-8-2-17(3-9-20)16-26-21(27)10-13-25(22(26)28)19-6-4-18(5-7-19)24-14-11-23-12-15-24;1-2/h2-9,23H,10-16H2,1H3;1-2H3. The number of benzene rings is 2. The molecule has 0 bridgehead atoms. The highest BCUT2D eigenvalue weighted by atomic mass is 16.5. The van der Waals surface area contributed by atoms with E-state index < -0.39 is 0 Å². The first-order valence-corrected chi connectivity index (χ1v) is 11.0. The Morgan fingerprint density at radius 3 is 2.10 bits per heavy atom. The number of hydrogen-bond donors (Lipinski definition) is 1. The summed E-state index contributed by atoms with van der Waals surface area (Å²) in [6, 6.07) is 15.2. The second-order valence-corrected chi connectivity index (χ2v) is 7.27. The van der Waals surface area contributed by atoms with Crippen LogP contribution in [0.4, 0.5) is 16.2 Å². The van der Waals surface area contributed by atoms with E-state index in [0.717, 1.165) is 48.9 Å². The van der Waals surface area contributed by atoms with Crippen LogP contribution in [0.5, 0.6) is 5.75 Å². The van der Waals surface area contributed by atoms with Crippen LogP contribution in [0.15, 0.2) is 48.5 Å². The highest BCUT2D eigenvalue weighted by molar-refractivity contribution is 6.05. The van der Waals surface area contributed by atoms with E-state index in [2.05, 4.69) is 22.3 Å². The largest absolute Gasteiger partial charge is 0.497 e. The maximum Gasteiger partial charge on any atom is 0.331 e. The molecule has 0 unspecified atom stereocenters. The SMILES string of the molecule is CC.COc1ccc(CN2C(=O)CCN(c3ccc(N4CCNCC4)cc3)C2=O)cc1. The molecule has 0 radical (unpaired) electrons. The number of imide groups is 1. The summed E-state index contributed by atoms with van der Waals surface area (Å²) >= 11 is 0. The van der Waals surface area contributed by atoms with E-state index in [-0.39, 0.29) is 18.5 Å². The number of nitrogens with one attached hydrogen (secondary N) is 1. The summed E-state index contributed by atoms with van der Waals surface area (Å²) in [5, 5.41) is 3.35. The number of piperazine rings is 1. The van der Waals surface area contributed by atoms with Crippen molar-refractivity contribution in [3.05, 3.63) is 54.1 Å². The number of methoxy groups -OCH3 is 1. The van der Waals surface area contributed by atoms with E-state index in [1.165, 1.54) is 4.90 Å². The second kappa shape index (κ2) is 10.8. The first kappa shape index (κ1) is 22.6. The summed E-state index contributed by atoms with van der Waals surface area (Å²) in [7, 11) is 1.61. The van der Waals surface area contributed by atoms with Crippen LogP contribution in [0.25, 0.3) is 0 Å². The summed E-state index contributed by atoms with van der Waals surface area (Å²) in [6.45, 7) is 8.59. The van der Waals surface area contributed by atoms with Gasteiger partial charge in [-0.25, -0.2) is 4.79 Å². The lowest BCUT2D eigenvalue weighted by Crippen LogP contribution is -2.52. The van der Waals surface area contributed by atoms with Crippen molar-refractivity contribution in [3.8, 4) is 5.75 Å². The molecule has 2 aromatic rings. The lowest BCUT2D eigenvalue weighted by Gasteiger charge is -2.35. The van der Waals surface area contributed by atoms with Gasteiger partial charge >= 0.3 is 6.03 Å². The van der Waals surface area contributed by atoms with Crippen LogP contribution in [-0.4, -0.2) is 56.7 Å². The van der Waals surface area contributed by atoms with E-state index in [1.807, 2.05) is 50.2 Å². The van der Waals surface area contributed by atoms with E-state index in [4.69, 9.17) is 4.74 Å². The Bertz CT molecular complexity index is 861. The fourth-order valence-corrected chi connectivity index (χ4v) is 3.77. The third-order valence-electron chi connectivity index (χ3n) is 5.46. The Hall–Kier alpha value is -3.06. The minimum atomic E-state index is -0.271. The predicted octanol–water partition coefficient (Wildman–Crippen LogP) is 3.49. The number of anilines is 2. The van der Waals surface area contributed by atoms with Crippen LogP contribution in [0.1, 0.15) is 25.8 Å². The third kappa shape index (κ3) is 5.35. The average Bonchev–Trinajstić information content (AvgIpc) is 2.84. The van der Waals surface area contributed by atoms with Gasteiger partial charge in [0, 0.05) is 50.5 Å². The number of urea groups is 1. The van der Waals surface area contributed by atoms with Crippen molar-refractivity contribution in [3.63, 3.8) is 0 Å². The molecule has 2 fully saturated rings. The molecule has 2 heterocycles. The van der Waals surface area contributed by atoms with Gasteiger partial charge in [-0.1, -0.05) is 26.0 Å². The highest BCUT2D eigenvalue weighted by Gasteiger charge is 2.32. The highest BCUT2D eigenvalue weighted by Crippen LogP contribution is 2.25. The van der Waals surface area contributed by atoms with E-state index in [0.29, 0.717) is 13.0 Å². The topological polar surface area (TPSA) is 65.1 Å². The van der Waals surface area contributed by atoms with Crippen LogP contribution >= 0.6 is 0 Å². The van der Waals surface area contributed by atoms with Crippen molar-refractivity contribution in [1.82, 2.24) is 10.2 Å². The van der Waals surface area contributed by atoms with Crippen LogP contribution < -0.4 is 19.9 Å². The van der Waals surface area contributed by atoms with Crippen molar-refractivity contribution < 1.29 is 14.3 Å². The second-order valence-electron chi connectivity index (χ2n) is 7.27. The molecule has 1 N–H and O–H groups in total. The number of carbonyl (C=O) groups excluding carboxylic acids is 2. The molecule has 4 rings (SSSR count). The Balaban J connectivity index is 0.00000132. The molecular formula is C24H32N4O3. The molecule has 0 aliphatic carbocycles. The van der Waals surface area contributed by atoms with Crippen molar-refractivity contribution in [2.45, 2.75) is 26.8 Å². The summed E-state index contributed by atoms with van der Waals surface area (Å²) < 4.78 is 5.17. The summed E-state index contributed by atoms with van der Waals surface area (Å²) in [5.41, 5.74) is 2.87. The Morgan fingerprint density at radius 2 is 1.48 bits per heavy atom. The lowest BCUT2D eigenvalue weighted by molar-refractivity contribution is -0.129. The normalized spacial score (nSPS) is 16.7. The zero-order valence-corrected chi connectivity index (χ0v) is 18.6. The van der Waals surface area contributed by atoms with Gasteiger partial charge in [0.15, 0.2) is 0 Å². The summed E-state index contributed by atoms with van der Waals surface area (Å²) in [6.07, 6.45) is 0.321. The molecule has 31 heavy (non-hydrogen) atoms. The molecule has 3 amide bonds. The quantitative estimate of drug-likeness (QED) is 0.796. The van der Waals surface area contributed by atoms with E-state index >= 15 is 0 Å². The molecule has 2 saturated heterocycles. The van der Waals surface area contributed by atoms with Crippen LogP contribution in [-0.2, 0) is 11.3 Å². The minimum Gasteiger partial charge on any atom is -0.497 e. The number of amides is 3.